The second-order valence-corrected chi connectivity index (χ2v) is 5.54. The number of aliphatic hydroxyl groups is 2. The van der Waals surface area contributed by atoms with E-state index in [1.54, 1.807) is 38.4 Å². The number of hydrogen-bond acceptors (Lipinski definition) is 4. The number of nitrogens with zero attached hydrogens (tertiary/aromatic N) is 2. The van der Waals surface area contributed by atoms with Crippen LogP contribution >= 0.6 is 0 Å². The number of carbonyl (C=O) groups excluding carboxylic acids is 2. The Kier molecular flexibility index (Phi) is 4.35. The van der Waals surface area contributed by atoms with Crippen molar-refractivity contribution in [1.82, 2.24) is 4.90 Å². The van der Waals surface area contributed by atoms with Crippen molar-refractivity contribution in [3.63, 3.8) is 0 Å². The molecule has 2 amide bonds. The maximum Gasteiger partial charge on any atom is 0.264 e. The number of hydrogen-bond donors (Lipinski definition) is 2. The lowest BCUT2D eigenvalue weighted by Gasteiger charge is -2.24. The molecule has 118 valence electrons. The van der Waals surface area contributed by atoms with Crippen LogP contribution in [-0.2, 0) is 21.8 Å². The van der Waals surface area contributed by atoms with E-state index in [-0.39, 0.29) is 25.5 Å². The van der Waals surface area contributed by atoms with Gasteiger partial charge in [0.15, 0.2) is 5.60 Å². The molecule has 22 heavy (non-hydrogen) atoms. The van der Waals surface area contributed by atoms with Gasteiger partial charge in [0.05, 0.1) is 18.7 Å². The summed E-state index contributed by atoms with van der Waals surface area (Å²) < 4.78 is 0. The summed E-state index contributed by atoms with van der Waals surface area (Å²) in [7, 11) is 3.13. The molecule has 1 aliphatic rings. The summed E-state index contributed by atoms with van der Waals surface area (Å²) in [6.45, 7) is 3.64. The van der Waals surface area contributed by atoms with Crippen molar-refractivity contribution in [2.24, 2.45) is 0 Å². The molecule has 0 fully saturated rings. The van der Waals surface area contributed by atoms with Gasteiger partial charge in [0.25, 0.3) is 5.91 Å². The fraction of sp³-hybridized carbons (Fsp3) is 0.375. The molecule has 1 aromatic carbocycles. The number of anilines is 1. The fourth-order valence-electron chi connectivity index (χ4n) is 2.55. The van der Waals surface area contributed by atoms with Crippen LogP contribution in [-0.4, -0.2) is 47.6 Å². The van der Waals surface area contributed by atoms with Gasteiger partial charge in [0, 0.05) is 26.2 Å². The molecule has 0 spiro atoms. The number of aliphatic hydroxyl groups excluding tert-OH is 1. The van der Waals surface area contributed by atoms with Crippen LogP contribution in [0, 0.1) is 0 Å². The second kappa shape index (κ2) is 5.90. The van der Waals surface area contributed by atoms with E-state index in [4.69, 9.17) is 0 Å². The summed E-state index contributed by atoms with van der Waals surface area (Å²) in [5, 5.41) is 20.2. The summed E-state index contributed by atoms with van der Waals surface area (Å²) >= 11 is 0. The Morgan fingerprint density at radius 3 is 2.68 bits per heavy atom. The van der Waals surface area contributed by atoms with Crippen molar-refractivity contribution in [3.8, 4) is 0 Å². The maximum atomic E-state index is 12.6. The van der Waals surface area contributed by atoms with E-state index in [1.807, 2.05) is 0 Å². The Balaban J connectivity index is 2.53. The summed E-state index contributed by atoms with van der Waals surface area (Å²) in [5.74, 6) is -0.899. The third-order valence-electron chi connectivity index (χ3n) is 3.80. The van der Waals surface area contributed by atoms with E-state index in [9.17, 15) is 19.8 Å². The Hall–Kier alpha value is -2.18. The van der Waals surface area contributed by atoms with Crippen molar-refractivity contribution >= 4 is 17.5 Å². The van der Waals surface area contributed by atoms with E-state index in [0.29, 0.717) is 16.8 Å². The highest BCUT2D eigenvalue weighted by atomic mass is 16.3. The van der Waals surface area contributed by atoms with Gasteiger partial charge in [0.1, 0.15) is 0 Å². The lowest BCUT2D eigenvalue weighted by molar-refractivity contribution is -0.145. The first-order valence-electron chi connectivity index (χ1n) is 6.94. The van der Waals surface area contributed by atoms with Gasteiger partial charge in [-0.1, -0.05) is 12.1 Å². The fourth-order valence-corrected chi connectivity index (χ4v) is 2.55. The molecule has 2 rings (SSSR count). The maximum absolute atomic E-state index is 12.6. The quantitative estimate of drug-likeness (QED) is 0.771. The molecule has 1 aliphatic heterocycles. The van der Waals surface area contributed by atoms with Crippen LogP contribution in [0.2, 0.25) is 0 Å². The molecular formula is C16H20N2O4. The predicted octanol–water partition coefficient (Wildman–Crippen LogP) is 0.377. The average molecular weight is 304 g/mol. The van der Waals surface area contributed by atoms with Gasteiger partial charge in [-0.2, -0.15) is 0 Å². The van der Waals surface area contributed by atoms with Gasteiger partial charge in [-0.3, -0.25) is 9.59 Å². The molecule has 0 aromatic heterocycles. The first-order valence-corrected chi connectivity index (χ1v) is 6.94. The van der Waals surface area contributed by atoms with E-state index in [1.165, 1.54) is 9.80 Å². The monoisotopic (exact) mass is 304 g/mol. The molecular weight excluding hydrogens is 284 g/mol. The summed E-state index contributed by atoms with van der Waals surface area (Å²) in [4.78, 5) is 27.4. The Labute approximate surface area is 129 Å². The largest absolute Gasteiger partial charge is 0.392 e. The molecule has 0 aliphatic carbocycles. The molecule has 2 N–H and O–H groups in total. The van der Waals surface area contributed by atoms with Crippen molar-refractivity contribution in [1.29, 1.82) is 0 Å². The molecule has 6 heteroatoms. The molecule has 0 saturated carbocycles. The number of fused-ring (bicyclic) bond motifs is 1. The van der Waals surface area contributed by atoms with Gasteiger partial charge < -0.3 is 20.0 Å². The average Bonchev–Trinajstić information content (AvgIpc) is 2.69. The lowest BCUT2D eigenvalue weighted by atomic mass is 9.90. The van der Waals surface area contributed by atoms with Gasteiger partial charge in [0.2, 0.25) is 5.91 Å². The van der Waals surface area contributed by atoms with Crippen molar-refractivity contribution in [2.75, 3.05) is 25.5 Å². The number of rotatable bonds is 5. The molecule has 1 unspecified atom stereocenters. The first-order chi connectivity index (χ1) is 10.3. The molecule has 0 bridgehead atoms. The van der Waals surface area contributed by atoms with Crippen LogP contribution in [0.5, 0.6) is 0 Å². The molecule has 1 atom stereocenters. The topological polar surface area (TPSA) is 81.1 Å². The predicted molar refractivity (Wildman–Crippen MR) is 82.1 cm³/mol. The highest BCUT2D eigenvalue weighted by Gasteiger charge is 2.50. The normalized spacial score (nSPS) is 20.0. The Bertz CT molecular complexity index is 627. The summed E-state index contributed by atoms with van der Waals surface area (Å²) in [6.07, 6.45) is 1.22. The van der Waals surface area contributed by atoms with Crippen LogP contribution in [0.25, 0.3) is 0 Å². The van der Waals surface area contributed by atoms with Crippen molar-refractivity contribution < 1.29 is 19.8 Å². The third-order valence-corrected chi connectivity index (χ3v) is 3.80. The highest BCUT2D eigenvalue weighted by Crippen LogP contribution is 2.43. The van der Waals surface area contributed by atoms with E-state index in [2.05, 4.69) is 6.58 Å². The third kappa shape index (κ3) is 2.51. The highest BCUT2D eigenvalue weighted by molar-refractivity contribution is 6.09. The van der Waals surface area contributed by atoms with E-state index in [0.717, 1.165) is 0 Å². The molecule has 1 aromatic rings. The summed E-state index contributed by atoms with van der Waals surface area (Å²) in [5.41, 5.74) is -0.454. The van der Waals surface area contributed by atoms with Crippen molar-refractivity contribution in [2.45, 2.75) is 18.6 Å². The Morgan fingerprint density at radius 1 is 1.45 bits per heavy atom. The zero-order valence-electron chi connectivity index (χ0n) is 12.7. The molecule has 6 nitrogen and oxygen atoms in total. The Morgan fingerprint density at radius 2 is 2.14 bits per heavy atom. The number of amides is 2. The van der Waals surface area contributed by atoms with Gasteiger partial charge >= 0.3 is 0 Å². The lowest BCUT2D eigenvalue weighted by Crippen LogP contribution is -2.43. The minimum Gasteiger partial charge on any atom is -0.392 e. The number of carbonyl (C=O) groups is 2. The van der Waals surface area contributed by atoms with Crippen LogP contribution < -0.4 is 4.90 Å². The zero-order chi connectivity index (χ0) is 16.5. The van der Waals surface area contributed by atoms with Gasteiger partial charge in [-0.25, -0.2) is 0 Å². The molecule has 1 heterocycles. The number of benzene rings is 1. The van der Waals surface area contributed by atoms with E-state index < -0.39 is 11.5 Å². The summed E-state index contributed by atoms with van der Waals surface area (Å²) in [6, 6.07) is 4.92. The molecule has 0 saturated heterocycles. The van der Waals surface area contributed by atoms with Crippen LogP contribution in [0.1, 0.15) is 17.5 Å². The zero-order valence-corrected chi connectivity index (χ0v) is 12.7. The minimum atomic E-state index is -1.91. The SMILES string of the molecule is C=CCN1C(=O)C(O)(CC(=O)N(C)C)c2cc(CO)ccc21. The molecule has 0 radical (unpaired) electrons. The van der Waals surface area contributed by atoms with Gasteiger partial charge in [-0.05, 0) is 17.7 Å². The van der Waals surface area contributed by atoms with Crippen LogP contribution in [0.4, 0.5) is 5.69 Å². The second-order valence-electron chi connectivity index (χ2n) is 5.54. The standard InChI is InChI=1S/C16H20N2O4/c1-4-7-18-13-6-5-11(10-19)8-12(13)16(22,15(18)21)9-14(20)17(2)3/h4-6,8,19,22H,1,7,9-10H2,2-3H3. The van der Waals surface area contributed by atoms with Crippen LogP contribution in [0.3, 0.4) is 0 Å². The van der Waals surface area contributed by atoms with Crippen molar-refractivity contribution in [3.05, 3.63) is 42.0 Å². The minimum absolute atomic E-state index is 0.208. The smallest absolute Gasteiger partial charge is 0.264 e. The van der Waals surface area contributed by atoms with E-state index >= 15 is 0 Å². The first kappa shape index (κ1) is 16.2. The van der Waals surface area contributed by atoms with Gasteiger partial charge in [-0.15, -0.1) is 6.58 Å². The van der Waals surface area contributed by atoms with Crippen LogP contribution in [0.15, 0.2) is 30.9 Å².